The Kier molecular flexibility index (Phi) is 7.52. The van der Waals surface area contributed by atoms with E-state index in [1.807, 2.05) is 0 Å². The summed E-state index contributed by atoms with van der Waals surface area (Å²) in [4.78, 5) is 11.8. The first-order chi connectivity index (χ1) is 9.56. The van der Waals surface area contributed by atoms with Crippen LogP contribution in [0.2, 0.25) is 0 Å². The van der Waals surface area contributed by atoms with Crippen molar-refractivity contribution in [2.24, 2.45) is 5.73 Å². The molecule has 0 fully saturated rings. The van der Waals surface area contributed by atoms with Gasteiger partial charge in [0.2, 0.25) is 5.91 Å². The van der Waals surface area contributed by atoms with Gasteiger partial charge in [-0.2, -0.15) is 11.8 Å². The molecule has 0 aliphatic rings. The van der Waals surface area contributed by atoms with Crippen LogP contribution in [-0.4, -0.2) is 61.4 Å². The number of aliphatic hydroxyl groups excluding tert-OH is 2. The van der Waals surface area contributed by atoms with E-state index >= 15 is 0 Å². The van der Waals surface area contributed by atoms with Crippen molar-refractivity contribution in [1.82, 2.24) is 15.0 Å². The molecule has 0 saturated heterocycles. The highest BCUT2D eigenvalue weighted by Crippen LogP contribution is 2.06. The molecule has 0 aromatic carbocycles. The molecule has 0 aliphatic carbocycles. The van der Waals surface area contributed by atoms with Gasteiger partial charge < -0.3 is 21.3 Å². The Morgan fingerprint density at radius 2 is 2.40 bits per heavy atom. The molecule has 114 valence electrons. The van der Waals surface area contributed by atoms with Crippen LogP contribution in [0.5, 0.6) is 0 Å². The number of nitrogens with zero attached hydrogens (tertiary/aromatic N) is 3. The summed E-state index contributed by atoms with van der Waals surface area (Å²) in [5, 5.41) is 28.0. The number of nitrogens with two attached hydrogens (primary N) is 1. The number of nitrogens with one attached hydrogen (secondary N) is 1. The van der Waals surface area contributed by atoms with Crippen molar-refractivity contribution in [1.29, 1.82) is 0 Å². The summed E-state index contributed by atoms with van der Waals surface area (Å²) in [6, 6.07) is -0.597. The molecule has 0 aliphatic heterocycles. The van der Waals surface area contributed by atoms with Gasteiger partial charge in [-0.3, -0.25) is 4.79 Å². The Bertz CT molecular complexity index is 415. The predicted octanol–water partition coefficient (Wildman–Crippen LogP) is -0.960. The summed E-state index contributed by atoms with van der Waals surface area (Å²) in [7, 11) is 0. The molecule has 1 aromatic heterocycles. The second kappa shape index (κ2) is 8.90. The molecule has 0 radical (unpaired) electrons. The third-order valence-electron chi connectivity index (χ3n) is 2.38. The van der Waals surface area contributed by atoms with Gasteiger partial charge in [-0.05, 0) is 12.2 Å². The number of aromatic nitrogens is 3. The number of aliphatic hydroxyl groups is 2. The summed E-state index contributed by atoms with van der Waals surface area (Å²) in [5.74, 6) is 1.48. The van der Waals surface area contributed by atoms with E-state index in [4.69, 9.17) is 10.8 Å². The van der Waals surface area contributed by atoms with E-state index < -0.39 is 12.1 Å². The molecule has 1 heterocycles. The van der Waals surface area contributed by atoms with Gasteiger partial charge in [0.15, 0.2) is 5.82 Å². The fourth-order valence-electron chi connectivity index (χ4n) is 1.37. The Morgan fingerprint density at radius 1 is 1.65 bits per heavy atom. The van der Waals surface area contributed by atoms with Crippen LogP contribution in [0.25, 0.3) is 0 Å². The van der Waals surface area contributed by atoms with E-state index in [1.54, 1.807) is 11.8 Å². The zero-order valence-electron chi connectivity index (χ0n) is 11.4. The van der Waals surface area contributed by atoms with Crippen LogP contribution in [0.15, 0.2) is 6.20 Å². The number of amides is 1. The highest BCUT2D eigenvalue weighted by molar-refractivity contribution is 7.99. The lowest BCUT2D eigenvalue weighted by atomic mass is 10.3. The first-order valence-corrected chi connectivity index (χ1v) is 7.55. The van der Waals surface area contributed by atoms with E-state index in [0.29, 0.717) is 5.75 Å². The monoisotopic (exact) mass is 303 g/mol. The molecule has 2 atom stereocenters. The number of hydrogen-bond donors (Lipinski definition) is 4. The van der Waals surface area contributed by atoms with Crippen LogP contribution in [0.4, 0.5) is 5.82 Å². The van der Waals surface area contributed by atoms with Gasteiger partial charge in [0, 0.05) is 5.75 Å². The molecule has 0 saturated carbocycles. The van der Waals surface area contributed by atoms with Gasteiger partial charge in [-0.1, -0.05) is 12.1 Å². The number of rotatable bonds is 9. The minimum Gasteiger partial charge on any atom is -0.394 e. The van der Waals surface area contributed by atoms with E-state index in [9.17, 15) is 9.90 Å². The Hall–Kier alpha value is -1.16. The molecule has 1 rings (SSSR count). The molecule has 0 unspecified atom stereocenters. The molecule has 1 amide bonds. The van der Waals surface area contributed by atoms with Crippen molar-refractivity contribution in [2.45, 2.75) is 32.0 Å². The van der Waals surface area contributed by atoms with Gasteiger partial charge >= 0.3 is 0 Å². The zero-order valence-corrected chi connectivity index (χ0v) is 12.2. The summed E-state index contributed by atoms with van der Waals surface area (Å²) in [6.45, 7) is 1.82. The lowest BCUT2D eigenvalue weighted by Crippen LogP contribution is -2.37. The van der Waals surface area contributed by atoms with Crippen molar-refractivity contribution in [2.75, 3.05) is 23.4 Å². The van der Waals surface area contributed by atoms with Crippen LogP contribution < -0.4 is 11.1 Å². The quantitative estimate of drug-likeness (QED) is 0.433. The summed E-state index contributed by atoms with van der Waals surface area (Å²) >= 11 is 1.63. The molecule has 5 N–H and O–H groups in total. The van der Waals surface area contributed by atoms with E-state index in [1.165, 1.54) is 10.9 Å². The Labute approximate surface area is 121 Å². The third kappa shape index (κ3) is 5.87. The topological polar surface area (TPSA) is 126 Å². The molecular weight excluding hydrogens is 282 g/mol. The maximum Gasteiger partial charge on any atom is 0.243 e. The number of carbonyl (C=O) groups is 1. The SMILES string of the molecule is CCCSC[C@@H](N)C(=O)Nc1cn(C[C@@H](O)CO)nn1. The first-order valence-electron chi connectivity index (χ1n) is 6.40. The molecule has 9 heteroatoms. The molecule has 0 spiro atoms. The van der Waals surface area contributed by atoms with Gasteiger partial charge in [-0.15, -0.1) is 5.10 Å². The van der Waals surface area contributed by atoms with Crippen molar-refractivity contribution in [3.63, 3.8) is 0 Å². The summed E-state index contributed by atoms with van der Waals surface area (Å²) in [6.07, 6.45) is 1.61. The van der Waals surface area contributed by atoms with Crippen molar-refractivity contribution >= 4 is 23.5 Å². The maximum atomic E-state index is 11.8. The molecule has 20 heavy (non-hydrogen) atoms. The standard InChI is InChI=1S/C11H21N5O3S/c1-2-3-20-7-9(12)11(19)13-10-5-16(15-14-10)4-8(18)6-17/h5,8-9,17-18H,2-4,6-7,12H2,1H3,(H,13,19)/t8-,9-/m1/s1. The second-order valence-electron chi connectivity index (χ2n) is 4.33. The average Bonchev–Trinajstić information content (AvgIpc) is 2.85. The molecular formula is C11H21N5O3S. The Morgan fingerprint density at radius 3 is 3.05 bits per heavy atom. The zero-order chi connectivity index (χ0) is 15.0. The highest BCUT2D eigenvalue weighted by atomic mass is 32.2. The van der Waals surface area contributed by atoms with Crippen molar-refractivity contribution < 1.29 is 15.0 Å². The first kappa shape index (κ1) is 16.9. The van der Waals surface area contributed by atoms with Gasteiger partial charge in [0.1, 0.15) is 0 Å². The van der Waals surface area contributed by atoms with Crippen molar-refractivity contribution in [3.8, 4) is 0 Å². The van der Waals surface area contributed by atoms with Crippen LogP contribution in [-0.2, 0) is 11.3 Å². The Balaban J connectivity index is 2.41. The number of hydrogen-bond acceptors (Lipinski definition) is 7. The third-order valence-corrected chi connectivity index (χ3v) is 3.67. The number of thioether (sulfide) groups is 1. The largest absolute Gasteiger partial charge is 0.394 e. The average molecular weight is 303 g/mol. The molecule has 0 bridgehead atoms. The van der Waals surface area contributed by atoms with E-state index in [-0.39, 0.29) is 24.9 Å². The molecule has 1 aromatic rings. The smallest absolute Gasteiger partial charge is 0.243 e. The van der Waals surface area contributed by atoms with Gasteiger partial charge in [0.25, 0.3) is 0 Å². The predicted molar refractivity (Wildman–Crippen MR) is 77.3 cm³/mol. The van der Waals surface area contributed by atoms with Gasteiger partial charge in [-0.25, -0.2) is 4.68 Å². The van der Waals surface area contributed by atoms with Gasteiger partial charge in [0.05, 0.1) is 31.5 Å². The summed E-state index contributed by atoms with van der Waals surface area (Å²) in [5.41, 5.74) is 5.75. The normalized spacial score (nSPS) is 14.0. The van der Waals surface area contributed by atoms with Crippen LogP contribution in [0, 0.1) is 0 Å². The van der Waals surface area contributed by atoms with Crippen molar-refractivity contribution in [3.05, 3.63) is 6.20 Å². The van der Waals surface area contributed by atoms with Crippen LogP contribution in [0.1, 0.15) is 13.3 Å². The second-order valence-corrected chi connectivity index (χ2v) is 5.48. The minimum absolute atomic E-state index is 0.109. The van der Waals surface area contributed by atoms with E-state index in [0.717, 1.165) is 12.2 Å². The fourth-order valence-corrected chi connectivity index (χ4v) is 2.23. The van der Waals surface area contributed by atoms with Crippen LogP contribution in [0.3, 0.4) is 0 Å². The lowest BCUT2D eigenvalue weighted by molar-refractivity contribution is -0.116. The lowest BCUT2D eigenvalue weighted by Gasteiger charge is -2.09. The summed E-state index contributed by atoms with van der Waals surface area (Å²) < 4.78 is 1.34. The van der Waals surface area contributed by atoms with Crippen LogP contribution >= 0.6 is 11.8 Å². The fraction of sp³-hybridized carbons (Fsp3) is 0.727. The van der Waals surface area contributed by atoms with E-state index in [2.05, 4.69) is 22.6 Å². The number of carbonyl (C=O) groups excluding carboxylic acids is 1. The molecule has 8 nitrogen and oxygen atoms in total. The number of anilines is 1. The maximum absolute atomic E-state index is 11.8. The minimum atomic E-state index is -0.909. The highest BCUT2D eigenvalue weighted by Gasteiger charge is 2.15.